The lowest BCUT2D eigenvalue weighted by molar-refractivity contribution is 0.0599. The molecule has 0 aliphatic heterocycles. The van der Waals surface area contributed by atoms with E-state index in [9.17, 15) is 13.2 Å². The Balaban J connectivity index is 3.50. The molecule has 0 amide bonds. The smallest absolute Gasteiger partial charge is 0.380 e. The SMILES string of the molecule is CCOP(=S)(OCC)O/C(=C/S(C)(=O)=O)c1ccccc1C(=O)OC. The average molecular weight is 408 g/mol. The summed E-state index contributed by atoms with van der Waals surface area (Å²) in [6.07, 6.45) is 1.00. The van der Waals surface area contributed by atoms with Crippen molar-refractivity contribution in [2.75, 3.05) is 26.6 Å². The molecule has 0 fully saturated rings. The zero-order valence-electron chi connectivity index (χ0n) is 14.4. The highest BCUT2D eigenvalue weighted by molar-refractivity contribution is 8.07. The van der Waals surface area contributed by atoms with Gasteiger partial charge in [0, 0.05) is 23.6 Å². The van der Waals surface area contributed by atoms with Crippen LogP contribution in [0.3, 0.4) is 0 Å². The van der Waals surface area contributed by atoms with Crippen LogP contribution in [0, 0.1) is 0 Å². The predicted molar refractivity (Wildman–Crippen MR) is 99.2 cm³/mol. The van der Waals surface area contributed by atoms with Crippen molar-refractivity contribution in [1.82, 2.24) is 0 Å². The van der Waals surface area contributed by atoms with Crippen molar-refractivity contribution in [2.45, 2.75) is 13.8 Å². The minimum Gasteiger partial charge on any atom is -0.465 e. The molecule has 1 aromatic rings. The second-order valence-corrected chi connectivity index (χ2v) is 9.55. The first-order chi connectivity index (χ1) is 11.7. The molecule has 7 nitrogen and oxygen atoms in total. The number of methoxy groups -OCH3 is 1. The summed E-state index contributed by atoms with van der Waals surface area (Å²) in [5.74, 6) is -0.770. The van der Waals surface area contributed by atoms with Crippen molar-refractivity contribution in [1.29, 1.82) is 0 Å². The summed E-state index contributed by atoms with van der Waals surface area (Å²) in [6, 6.07) is 6.27. The molecule has 0 saturated heterocycles. The van der Waals surface area contributed by atoms with E-state index in [2.05, 4.69) is 0 Å². The zero-order chi connectivity index (χ0) is 19.1. The molecular weight excluding hydrogens is 387 g/mol. The lowest BCUT2D eigenvalue weighted by Crippen LogP contribution is -2.08. The Morgan fingerprint density at radius 2 is 1.68 bits per heavy atom. The Bertz CT molecular complexity index is 777. The molecule has 1 rings (SSSR count). The van der Waals surface area contributed by atoms with E-state index in [1.807, 2.05) is 0 Å². The molecule has 0 saturated carbocycles. The van der Waals surface area contributed by atoms with Crippen LogP contribution in [0.1, 0.15) is 29.8 Å². The zero-order valence-corrected chi connectivity index (χ0v) is 16.9. The van der Waals surface area contributed by atoms with Crippen molar-refractivity contribution in [3.05, 3.63) is 40.8 Å². The van der Waals surface area contributed by atoms with E-state index >= 15 is 0 Å². The van der Waals surface area contributed by atoms with Gasteiger partial charge in [0.1, 0.15) is 5.76 Å². The Morgan fingerprint density at radius 1 is 1.16 bits per heavy atom. The van der Waals surface area contributed by atoms with E-state index in [1.165, 1.54) is 19.2 Å². The number of sulfone groups is 1. The molecule has 0 aliphatic rings. The maximum Gasteiger partial charge on any atom is 0.380 e. The number of carbonyl (C=O) groups excluding carboxylic acids is 1. The van der Waals surface area contributed by atoms with Gasteiger partial charge in [0.2, 0.25) is 0 Å². The third-order valence-corrected chi connectivity index (χ3v) is 5.77. The first-order valence-electron chi connectivity index (χ1n) is 7.34. The first kappa shape index (κ1) is 21.8. The van der Waals surface area contributed by atoms with Crippen molar-refractivity contribution < 1.29 is 31.5 Å². The fourth-order valence-electron chi connectivity index (χ4n) is 1.84. The second kappa shape index (κ2) is 9.45. The van der Waals surface area contributed by atoms with Crippen LogP contribution in [-0.4, -0.2) is 41.0 Å². The van der Waals surface area contributed by atoms with E-state index < -0.39 is 22.5 Å². The summed E-state index contributed by atoms with van der Waals surface area (Å²) in [4.78, 5) is 12.0. The van der Waals surface area contributed by atoms with Gasteiger partial charge in [-0.25, -0.2) is 13.2 Å². The van der Waals surface area contributed by atoms with Gasteiger partial charge in [-0.15, -0.1) is 0 Å². The molecule has 0 aliphatic carbocycles. The average Bonchev–Trinajstić information content (AvgIpc) is 2.52. The van der Waals surface area contributed by atoms with Gasteiger partial charge in [0.05, 0.1) is 31.3 Å². The van der Waals surface area contributed by atoms with Crippen molar-refractivity contribution in [3.63, 3.8) is 0 Å². The number of esters is 1. The first-order valence-corrected chi connectivity index (χ1v) is 11.8. The summed E-state index contributed by atoms with van der Waals surface area (Å²) in [7, 11) is -2.37. The topological polar surface area (TPSA) is 88.1 Å². The normalized spacial score (nSPS) is 12.7. The summed E-state index contributed by atoms with van der Waals surface area (Å²) in [5.41, 5.74) is 0.350. The summed E-state index contributed by atoms with van der Waals surface area (Å²) >= 11 is 5.30. The van der Waals surface area contributed by atoms with Crippen LogP contribution in [-0.2, 0) is 40.0 Å². The predicted octanol–water partition coefficient (Wildman–Crippen LogP) is 3.13. The number of carbonyl (C=O) groups is 1. The van der Waals surface area contributed by atoms with Crippen molar-refractivity contribution in [3.8, 4) is 0 Å². The van der Waals surface area contributed by atoms with E-state index in [1.54, 1.807) is 26.0 Å². The van der Waals surface area contributed by atoms with Gasteiger partial charge in [-0.3, -0.25) is 9.05 Å². The highest BCUT2D eigenvalue weighted by atomic mass is 32.5. The molecule has 0 unspecified atom stereocenters. The molecule has 0 radical (unpaired) electrons. The largest absolute Gasteiger partial charge is 0.465 e. The van der Waals surface area contributed by atoms with Crippen LogP contribution < -0.4 is 0 Å². The molecule has 10 heteroatoms. The molecule has 0 bridgehead atoms. The van der Waals surface area contributed by atoms with Crippen LogP contribution in [0.2, 0.25) is 0 Å². The molecule has 25 heavy (non-hydrogen) atoms. The number of benzene rings is 1. The molecule has 0 heterocycles. The minimum absolute atomic E-state index is 0.131. The maximum absolute atomic E-state index is 12.0. The summed E-state index contributed by atoms with van der Waals surface area (Å²) in [5, 5.41) is 0.883. The van der Waals surface area contributed by atoms with Crippen LogP contribution in [0.4, 0.5) is 0 Å². The molecule has 0 spiro atoms. The van der Waals surface area contributed by atoms with Gasteiger partial charge < -0.3 is 9.26 Å². The lowest BCUT2D eigenvalue weighted by Gasteiger charge is -2.23. The minimum atomic E-state index is -3.60. The third kappa shape index (κ3) is 6.87. The monoisotopic (exact) mass is 408 g/mol. The van der Waals surface area contributed by atoms with Gasteiger partial charge >= 0.3 is 12.7 Å². The number of rotatable bonds is 9. The molecule has 1 aromatic carbocycles. The van der Waals surface area contributed by atoms with Gasteiger partial charge in [-0.05, 0) is 19.9 Å². The summed E-state index contributed by atoms with van der Waals surface area (Å²) in [6.45, 7) is 0.640. The second-order valence-electron chi connectivity index (χ2n) is 4.72. The number of hydrogen-bond donors (Lipinski definition) is 0. The Morgan fingerprint density at radius 3 is 2.12 bits per heavy atom. The van der Waals surface area contributed by atoms with E-state index in [0.29, 0.717) is 0 Å². The van der Waals surface area contributed by atoms with Crippen molar-refractivity contribution in [2.24, 2.45) is 0 Å². The Labute approximate surface area is 153 Å². The lowest BCUT2D eigenvalue weighted by atomic mass is 10.1. The van der Waals surface area contributed by atoms with Gasteiger partial charge in [0.25, 0.3) is 0 Å². The summed E-state index contributed by atoms with van der Waals surface area (Å²) < 4.78 is 44.8. The van der Waals surface area contributed by atoms with Gasteiger partial charge in [-0.1, -0.05) is 18.2 Å². The fraction of sp³-hybridized carbons (Fsp3) is 0.400. The molecule has 0 aromatic heterocycles. The van der Waals surface area contributed by atoms with E-state index in [0.717, 1.165) is 11.7 Å². The Hall–Kier alpha value is -1.25. The van der Waals surface area contributed by atoms with E-state index in [4.69, 9.17) is 30.1 Å². The number of ether oxygens (including phenoxy) is 1. The molecular formula is C15H21O7PS2. The van der Waals surface area contributed by atoms with E-state index in [-0.39, 0.29) is 30.1 Å². The highest BCUT2D eigenvalue weighted by Gasteiger charge is 2.26. The van der Waals surface area contributed by atoms with Crippen LogP contribution in [0.15, 0.2) is 29.7 Å². The third-order valence-electron chi connectivity index (χ3n) is 2.70. The molecule has 140 valence electrons. The molecule has 0 N–H and O–H groups in total. The van der Waals surface area contributed by atoms with Gasteiger partial charge in [0.15, 0.2) is 9.84 Å². The van der Waals surface area contributed by atoms with Crippen LogP contribution >= 0.6 is 6.72 Å². The van der Waals surface area contributed by atoms with Crippen LogP contribution in [0.5, 0.6) is 0 Å². The quantitative estimate of drug-likeness (QED) is 0.350. The molecule has 0 atom stereocenters. The fourth-order valence-corrected chi connectivity index (χ4v) is 4.55. The Kier molecular flexibility index (Phi) is 8.24. The highest BCUT2D eigenvalue weighted by Crippen LogP contribution is 2.53. The van der Waals surface area contributed by atoms with Crippen LogP contribution in [0.25, 0.3) is 5.76 Å². The standard InChI is InChI=1S/C15H21O7PS2/c1-5-20-23(24,21-6-2)22-14(11-25(4,17)18)12-9-7-8-10-13(12)15(16)19-3/h7-11H,5-6H2,1-4H3/b14-11+. The van der Waals surface area contributed by atoms with Gasteiger partial charge in [-0.2, -0.15) is 0 Å². The number of hydrogen-bond acceptors (Lipinski definition) is 8. The van der Waals surface area contributed by atoms with Crippen molar-refractivity contribution >= 4 is 40.1 Å². The maximum atomic E-state index is 12.0.